The Kier molecular flexibility index (Phi) is 10.2. The van der Waals surface area contributed by atoms with Crippen LogP contribution in [0.5, 0.6) is 11.5 Å². The Labute approximate surface area is 266 Å². The Balaban J connectivity index is 1.07. The fourth-order valence-corrected chi connectivity index (χ4v) is 5.31. The van der Waals surface area contributed by atoms with Gasteiger partial charge in [0.05, 0.1) is 17.2 Å². The minimum absolute atomic E-state index is 0.121. The van der Waals surface area contributed by atoms with Crippen molar-refractivity contribution >= 4 is 41.5 Å². The van der Waals surface area contributed by atoms with E-state index in [2.05, 4.69) is 0 Å². The number of imide groups is 1. The van der Waals surface area contributed by atoms with E-state index in [9.17, 15) is 24.0 Å². The van der Waals surface area contributed by atoms with E-state index in [4.69, 9.17) is 18.9 Å². The maximum atomic E-state index is 12.7. The summed E-state index contributed by atoms with van der Waals surface area (Å²) in [6, 6.07) is 20.0. The van der Waals surface area contributed by atoms with Crippen molar-refractivity contribution < 1.29 is 42.9 Å². The normalized spacial score (nSPS) is 18.4. The predicted octanol–water partition coefficient (Wildman–Crippen LogP) is 5.76. The fourth-order valence-electron chi connectivity index (χ4n) is 5.31. The average Bonchev–Trinajstić information content (AvgIpc) is 3.41. The molecule has 10 nitrogen and oxygen atoms in total. The largest absolute Gasteiger partial charge is 0.436 e. The summed E-state index contributed by atoms with van der Waals surface area (Å²) in [7, 11) is 1.50. The number of anilines is 1. The molecule has 1 atom stereocenters. The van der Waals surface area contributed by atoms with Crippen LogP contribution in [-0.2, 0) is 28.7 Å². The van der Waals surface area contributed by atoms with E-state index >= 15 is 0 Å². The van der Waals surface area contributed by atoms with Gasteiger partial charge in [-0.2, -0.15) is 0 Å². The summed E-state index contributed by atoms with van der Waals surface area (Å²) in [6.07, 6.45) is 7.86. The van der Waals surface area contributed by atoms with E-state index in [0.717, 1.165) is 36.1 Å². The van der Waals surface area contributed by atoms with Gasteiger partial charge in [0.25, 0.3) is 11.8 Å². The number of hydrogen-bond acceptors (Lipinski definition) is 9. The molecule has 3 aromatic rings. The van der Waals surface area contributed by atoms with E-state index in [-0.39, 0.29) is 17.6 Å². The maximum absolute atomic E-state index is 12.7. The number of ether oxygens (including phenoxy) is 4. The molecular weight excluding hydrogens is 590 g/mol. The average molecular weight is 624 g/mol. The second-order valence-electron chi connectivity index (χ2n) is 11.0. The first-order chi connectivity index (χ1) is 22.2. The number of hydrogen-bond donors (Lipinski definition) is 0. The van der Waals surface area contributed by atoms with Crippen LogP contribution in [0, 0.1) is 5.92 Å². The number of nitrogens with zero attached hydrogens (tertiary/aromatic N) is 1. The van der Waals surface area contributed by atoms with Crippen molar-refractivity contribution in [3.8, 4) is 11.5 Å². The number of esters is 3. The van der Waals surface area contributed by atoms with Crippen LogP contribution in [0.3, 0.4) is 0 Å². The lowest BCUT2D eigenvalue weighted by molar-refractivity contribution is -0.175. The Morgan fingerprint density at radius 1 is 0.783 bits per heavy atom. The highest BCUT2D eigenvalue weighted by Crippen LogP contribution is 2.36. The fraction of sp³-hybridized carbons (Fsp3) is 0.250. The summed E-state index contributed by atoms with van der Waals surface area (Å²) in [4.78, 5) is 61.9. The van der Waals surface area contributed by atoms with Crippen molar-refractivity contribution in [1.82, 2.24) is 0 Å². The van der Waals surface area contributed by atoms with Crippen LogP contribution in [0.25, 0.3) is 6.08 Å². The van der Waals surface area contributed by atoms with Crippen LogP contribution < -0.4 is 14.4 Å². The van der Waals surface area contributed by atoms with Crippen LogP contribution >= 0.6 is 0 Å². The lowest BCUT2D eigenvalue weighted by Crippen LogP contribution is -2.29. The second-order valence-corrected chi connectivity index (χ2v) is 11.0. The molecule has 46 heavy (non-hydrogen) atoms. The quantitative estimate of drug-likeness (QED) is 0.0911. The zero-order valence-electron chi connectivity index (χ0n) is 25.4. The third-order valence-corrected chi connectivity index (χ3v) is 7.92. The summed E-state index contributed by atoms with van der Waals surface area (Å²) in [5.74, 6) is -1.39. The highest BCUT2D eigenvalue weighted by atomic mass is 16.7. The van der Waals surface area contributed by atoms with Gasteiger partial charge in [-0.1, -0.05) is 24.3 Å². The Morgan fingerprint density at radius 3 is 1.98 bits per heavy atom. The van der Waals surface area contributed by atoms with E-state index in [0.29, 0.717) is 28.5 Å². The van der Waals surface area contributed by atoms with E-state index < -0.39 is 30.0 Å². The van der Waals surface area contributed by atoms with Gasteiger partial charge in [0, 0.05) is 25.3 Å². The van der Waals surface area contributed by atoms with Gasteiger partial charge in [-0.15, -0.1) is 0 Å². The molecule has 1 heterocycles. The molecule has 5 rings (SSSR count). The number of rotatable bonds is 10. The van der Waals surface area contributed by atoms with Crippen LogP contribution in [-0.4, -0.2) is 43.1 Å². The maximum Gasteiger partial charge on any atom is 0.343 e. The summed E-state index contributed by atoms with van der Waals surface area (Å²) < 4.78 is 21.1. The molecule has 2 aliphatic rings. The Morgan fingerprint density at radius 2 is 1.37 bits per heavy atom. The molecule has 1 saturated carbocycles. The van der Waals surface area contributed by atoms with E-state index in [1.807, 2.05) is 12.1 Å². The Hall–Kier alpha value is -5.35. The smallest absolute Gasteiger partial charge is 0.343 e. The summed E-state index contributed by atoms with van der Waals surface area (Å²) in [5, 5.41) is 0. The molecule has 1 aliphatic carbocycles. The number of methoxy groups -OCH3 is 1. The molecule has 1 fully saturated rings. The number of benzene rings is 3. The summed E-state index contributed by atoms with van der Waals surface area (Å²) in [6.45, 7) is 1.69. The zero-order chi connectivity index (χ0) is 32.6. The number of carbonyl (C=O) groups excluding carboxylic acids is 5. The van der Waals surface area contributed by atoms with Crippen molar-refractivity contribution in [2.45, 2.75) is 44.8 Å². The van der Waals surface area contributed by atoms with Crippen molar-refractivity contribution in [2.24, 2.45) is 5.92 Å². The van der Waals surface area contributed by atoms with Gasteiger partial charge in [-0.05, 0) is 104 Å². The van der Waals surface area contributed by atoms with Gasteiger partial charge in [0.1, 0.15) is 11.5 Å². The van der Waals surface area contributed by atoms with Crippen molar-refractivity contribution in [2.75, 3.05) is 12.0 Å². The first kappa shape index (κ1) is 32.1. The molecule has 0 radical (unpaired) electrons. The van der Waals surface area contributed by atoms with Gasteiger partial charge in [-0.25, -0.2) is 14.5 Å². The minimum atomic E-state index is -0.617. The molecule has 236 valence electrons. The topological polar surface area (TPSA) is 126 Å². The minimum Gasteiger partial charge on any atom is -0.436 e. The SMILES string of the molecule is COC(C)OC(=O)C1CCC(c2ccc(C(=O)Oc3ccc(/C=C/C(=O)Oc4ccc(N5C(=O)C=CC5=O)cc4)cc3)cc2)CC1. The highest BCUT2D eigenvalue weighted by Gasteiger charge is 2.29. The van der Waals surface area contributed by atoms with Crippen LogP contribution in [0.2, 0.25) is 0 Å². The van der Waals surface area contributed by atoms with Crippen LogP contribution in [0.15, 0.2) is 91.0 Å². The molecule has 10 heteroatoms. The lowest BCUT2D eigenvalue weighted by atomic mass is 9.78. The predicted molar refractivity (Wildman–Crippen MR) is 168 cm³/mol. The van der Waals surface area contributed by atoms with Gasteiger partial charge in [-0.3, -0.25) is 14.4 Å². The van der Waals surface area contributed by atoms with Crippen molar-refractivity contribution in [1.29, 1.82) is 0 Å². The summed E-state index contributed by atoms with van der Waals surface area (Å²) in [5.41, 5.74) is 2.60. The molecule has 0 spiro atoms. The molecule has 0 N–H and O–H groups in total. The molecular formula is C36H33NO9. The van der Waals surface area contributed by atoms with Gasteiger partial charge < -0.3 is 18.9 Å². The summed E-state index contributed by atoms with van der Waals surface area (Å²) >= 11 is 0. The second kappa shape index (κ2) is 14.6. The molecule has 3 aromatic carbocycles. The first-order valence-corrected chi connectivity index (χ1v) is 14.9. The Bertz CT molecular complexity index is 1630. The molecule has 0 bridgehead atoms. The molecule has 0 saturated heterocycles. The molecule has 2 amide bonds. The van der Waals surface area contributed by atoms with E-state index in [1.54, 1.807) is 49.4 Å². The van der Waals surface area contributed by atoms with Crippen LogP contribution in [0.1, 0.15) is 60.0 Å². The van der Waals surface area contributed by atoms with Crippen molar-refractivity contribution in [3.63, 3.8) is 0 Å². The van der Waals surface area contributed by atoms with Gasteiger partial charge >= 0.3 is 17.9 Å². The van der Waals surface area contributed by atoms with E-state index in [1.165, 1.54) is 49.6 Å². The molecule has 1 aliphatic heterocycles. The molecule has 1 unspecified atom stereocenters. The van der Waals surface area contributed by atoms with Gasteiger partial charge in [0.2, 0.25) is 0 Å². The van der Waals surface area contributed by atoms with Crippen LogP contribution in [0.4, 0.5) is 5.69 Å². The third-order valence-electron chi connectivity index (χ3n) is 7.92. The number of amides is 2. The highest BCUT2D eigenvalue weighted by molar-refractivity contribution is 6.28. The first-order valence-electron chi connectivity index (χ1n) is 14.9. The standard InChI is InChI=1S/C36H33NO9/c1-23(43-2)44-35(41)27-10-6-25(7-11-27)26-8-12-28(13-9-26)36(42)46-31-16-3-24(4-17-31)5-22-34(40)45-30-18-14-29(15-19-30)37-32(38)20-21-33(37)39/h3-5,8-9,12-23,25,27H,6-7,10-11H2,1-2H3/b22-5+. The lowest BCUT2D eigenvalue weighted by Gasteiger charge is -2.28. The zero-order valence-corrected chi connectivity index (χ0v) is 25.4. The van der Waals surface area contributed by atoms with Gasteiger partial charge in [0.15, 0.2) is 6.29 Å². The third kappa shape index (κ3) is 8.02. The molecule has 0 aromatic heterocycles. The van der Waals surface area contributed by atoms with Crippen molar-refractivity contribution in [3.05, 3.63) is 108 Å². The number of carbonyl (C=O) groups is 5. The monoisotopic (exact) mass is 623 g/mol.